The first-order chi connectivity index (χ1) is 9.52. The summed E-state index contributed by atoms with van der Waals surface area (Å²) in [7, 11) is 0. The molecule has 102 valence electrons. The Morgan fingerprint density at radius 1 is 1.10 bits per heavy atom. The van der Waals surface area contributed by atoms with Gasteiger partial charge in [-0.25, -0.2) is 4.98 Å². The van der Waals surface area contributed by atoms with Gasteiger partial charge in [0.25, 0.3) is 0 Å². The van der Waals surface area contributed by atoms with Crippen molar-refractivity contribution in [2.45, 2.75) is 20.8 Å². The molecule has 5 heteroatoms. The van der Waals surface area contributed by atoms with E-state index in [1.807, 2.05) is 39.0 Å². The molecule has 0 saturated carbocycles. The van der Waals surface area contributed by atoms with Crippen molar-refractivity contribution in [3.63, 3.8) is 0 Å². The highest BCUT2D eigenvalue weighted by molar-refractivity contribution is 7.18. The average Bonchev–Trinajstić information content (AvgIpc) is 2.74. The van der Waals surface area contributed by atoms with Crippen molar-refractivity contribution in [1.29, 1.82) is 0 Å². The number of thiophene rings is 1. The lowest BCUT2D eigenvalue weighted by Crippen LogP contribution is -1.98. The zero-order valence-electron chi connectivity index (χ0n) is 11.6. The highest BCUT2D eigenvalue weighted by atomic mass is 32.1. The second-order valence-corrected chi connectivity index (χ2v) is 6.07. The van der Waals surface area contributed by atoms with Crippen molar-refractivity contribution in [1.82, 2.24) is 9.97 Å². The van der Waals surface area contributed by atoms with Gasteiger partial charge >= 0.3 is 0 Å². The zero-order valence-corrected chi connectivity index (χ0v) is 12.4. The van der Waals surface area contributed by atoms with Crippen LogP contribution < -0.4 is 10.5 Å². The molecule has 0 amide bonds. The number of aryl methyl sites for hydroxylation is 3. The summed E-state index contributed by atoms with van der Waals surface area (Å²) in [4.78, 5) is 10.5. The third-order valence-electron chi connectivity index (χ3n) is 3.05. The second kappa shape index (κ2) is 4.76. The Hall–Kier alpha value is -2.14. The Bertz CT molecular complexity index is 795. The van der Waals surface area contributed by atoms with E-state index in [9.17, 15) is 0 Å². The summed E-state index contributed by atoms with van der Waals surface area (Å²) in [5.74, 6) is 1.55. The van der Waals surface area contributed by atoms with Gasteiger partial charge in [-0.2, -0.15) is 4.98 Å². The molecule has 2 N–H and O–H groups in total. The van der Waals surface area contributed by atoms with Crippen LogP contribution in [0.3, 0.4) is 0 Å². The molecule has 0 aliphatic rings. The van der Waals surface area contributed by atoms with Crippen molar-refractivity contribution in [3.8, 4) is 11.6 Å². The zero-order chi connectivity index (χ0) is 14.3. The molecule has 2 aromatic heterocycles. The number of anilines is 1. The summed E-state index contributed by atoms with van der Waals surface area (Å²) >= 11 is 1.59. The normalized spacial score (nSPS) is 10.9. The smallest absolute Gasteiger partial charge is 0.232 e. The van der Waals surface area contributed by atoms with Gasteiger partial charge < -0.3 is 10.5 Å². The van der Waals surface area contributed by atoms with Crippen LogP contribution in [0.5, 0.6) is 11.6 Å². The first kappa shape index (κ1) is 12.9. The molecule has 0 spiro atoms. The molecule has 0 aliphatic carbocycles. The first-order valence-corrected chi connectivity index (χ1v) is 7.13. The number of fused-ring (bicyclic) bond motifs is 1. The molecule has 0 aliphatic heterocycles. The third kappa shape index (κ3) is 2.32. The first-order valence-electron chi connectivity index (χ1n) is 6.31. The topological polar surface area (TPSA) is 61.0 Å². The highest BCUT2D eigenvalue weighted by Gasteiger charge is 2.12. The molecular weight excluding hydrogens is 270 g/mol. The van der Waals surface area contributed by atoms with Gasteiger partial charge in [-0.3, -0.25) is 0 Å². The molecule has 20 heavy (non-hydrogen) atoms. The molecule has 3 rings (SSSR count). The number of benzene rings is 1. The lowest BCUT2D eigenvalue weighted by atomic mass is 10.1. The lowest BCUT2D eigenvalue weighted by Gasteiger charge is -2.09. The number of hydrogen-bond donors (Lipinski definition) is 1. The standard InChI is InChI=1S/C15H15N3OS/c1-8-4-5-9(2)12(6-8)19-13-11-7-10(3)20-14(11)18-15(16)17-13/h4-7H,1-3H3,(H2,16,17,18). The number of nitrogen functional groups attached to an aromatic ring is 1. The average molecular weight is 285 g/mol. The summed E-state index contributed by atoms with van der Waals surface area (Å²) < 4.78 is 5.97. The van der Waals surface area contributed by atoms with Crippen LogP contribution >= 0.6 is 11.3 Å². The van der Waals surface area contributed by atoms with Gasteiger partial charge in [-0.05, 0) is 44.0 Å². The van der Waals surface area contributed by atoms with Gasteiger partial charge in [0.2, 0.25) is 11.8 Å². The number of nitrogens with zero attached hydrogens (tertiary/aromatic N) is 2. The molecular formula is C15H15N3OS. The molecule has 0 unspecified atom stereocenters. The van der Waals surface area contributed by atoms with E-state index in [4.69, 9.17) is 10.5 Å². The minimum atomic E-state index is 0.236. The van der Waals surface area contributed by atoms with Crippen LogP contribution in [0.4, 0.5) is 5.95 Å². The molecule has 0 fully saturated rings. The molecule has 0 radical (unpaired) electrons. The minimum absolute atomic E-state index is 0.236. The lowest BCUT2D eigenvalue weighted by molar-refractivity contribution is 0.465. The maximum atomic E-state index is 5.97. The van der Waals surface area contributed by atoms with Gasteiger partial charge in [0, 0.05) is 4.88 Å². The van der Waals surface area contributed by atoms with E-state index in [2.05, 4.69) is 16.0 Å². The summed E-state index contributed by atoms with van der Waals surface area (Å²) in [6.45, 7) is 6.07. The van der Waals surface area contributed by atoms with E-state index in [0.29, 0.717) is 5.88 Å². The predicted octanol–water partition coefficient (Wildman–Crippen LogP) is 3.99. The van der Waals surface area contributed by atoms with Gasteiger partial charge in [0.1, 0.15) is 10.6 Å². The Morgan fingerprint density at radius 2 is 1.90 bits per heavy atom. The van der Waals surface area contributed by atoms with Crippen LogP contribution in [-0.4, -0.2) is 9.97 Å². The van der Waals surface area contributed by atoms with Crippen molar-refractivity contribution in [2.75, 3.05) is 5.73 Å². The second-order valence-electron chi connectivity index (χ2n) is 4.83. The summed E-state index contributed by atoms with van der Waals surface area (Å²) in [6.07, 6.45) is 0. The van der Waals surface area contributed by atoms with Gasteiger partial charge in [0.05, 0.1) is 5.39 Å². The van der Waals surface area contributed by atoms with Crippen molar-refractivity contribution in [2.24, 2.45) is 0 Å². The SMILES string of the molecule is Cc1ccc(C)c(Oc2nc(N)nc3sc(C)cc23)c1. The number of aromatic nitrogens is 2. The maximum Gasteiger partial charge on any atom is 0.232 e. The number of ether oxygens (including phenoxy) is 1. The van der Waals surface area contributed by atoms with Crippen LogP contribution in [0, 0.1) is 20.8 Å². The largest absolute Gasteiger partial charge is 0.438 e. The monoisotopic (exact) mass is 285 g/mol. The van der Waals surface area contributed by atoms with Crippen LogP contribution in [0.25, 0.3) is 10.2 Å². The van der Waals surface area contributed by atoms with Crippen molar-refractivity contribution < 1.29 is 4.74 Å². The summed E-state index contributed by atoms with van der Waals surface area (Å²) in [6, 6.07) is 8.12. The molecule has 1 aromatic carbocycles. The van der Waals surface area contributed by atoms with Crippen LogP contribution in [0.15, 0.2) is 24.3 Å². The molecule has 3 aromatic rings. The van der Waals surface area contributed by atoms with E-state index in [0.717, 1.165) is 32.0 Å². The fourth-order valence-electron chi connectivity index (χ4n) is 2.03. The Morgan fingerprint density at radius 3 is 2.70 bits per heavy atom. The van der Waals surface area contributed by atoms with Crippen molar-refractivity contribution >= 4 is 27.5 Å². The fraction of sp³-hybridized carbons (Fsp3) is 0.200. The van der Waals surface area contributed by atoms with Crippen LogP contribution in [0.1, 0.15) is 16.0 Å². The molecule has 0 saturated heterocycles. The fourth-order valence-corrected chi connectivity index (χ4v) is 2.91. The third-order valence-corrected chi connectivity index (χ3v) is 3.99. The predicted molar refractivity (Wildman–Crippen MR) is 82.6 cm³/mol. The van der Waals surface area contributed by atoms with Crippen molar-refractivity contribution in [3.05, 3.63) is 40.3 Å². The molecule has 2 heterocycles. The van der Waals surface area contributed by atoms with E-state index < -0.39 is 0 Å². The van der Waals surface area contributed by atoms with E-state index in [1.54, 1.807) is 11.3 Å². The quantitative estimate of drug-likeness (QED) is 0.773. The van der Waals surface area contributed by atoms with E-state index in [-0.39, 0.29) is 5.95 Å². The highest BCUT2D eigenvalue weighted by Crippen LogP contribution is 2.34. The summed E-state index contributed by atoms with van der Waals surface area (Å²) in [5.41, 5.74) is 7.97. The van der Waals surface area contributed by atoms with Crippen LogP contribution in [0.2, 0.25) is 0 Å². The van der Waals surface area contributed by atoms with Gasteiger partial charge in [0.15, 0.2) is 0 Å². The maximum absolute atomic E-state index is 5.97. The molecule has 4 nitrogen and oxygen atoms in total. The van der Waals surface area contributed by atoms with E-state index in [1.165, 1.54) is 0 Å². The number of nitrogens with two attached hydrogens (primary N) is 1. The van der Waals surface area contributed by atoms with Crippen LogP contribution in [-0.2, 0) is 0 Å². The number of hydrogen-bond acceptors (Lipinski definition) is 5. The Balaban J connectivity index is 2.12. The molecule has 0 atom stereocenters. The number of rotatable bonds is 2. The van der Waals surface area contributed by atoms with Gasteiger partial charge in [-0.1, -0.05) is 12.1 Å². The molecule has 0 bridgehead atoms. The summed E-state index contributed by atoms with van der Waals surface area (Å²) in [5, 5.41) is 0.905. The Kier molecular flexibility index (Phi) is 3.06. The van der Waals surface area contributed by atoms with E-state index >= 15 is 0 Å². The Labute approximate surface area is 121 Å². The minimum Gasteiger partial charge on any atom is -0.438 e. The van der Waals surface area contributed by atoms with Gasteiger partial charge in [-0.15, -0.1) is 11.3 Å².